The second-order valence-electron chi connectivity index (χ2n) is 9.35. The molecule has 1 saturated carbocycles. The van der Waals surface area contributed by atoms with Crippen molar-refractivity contribution < 1.29 is 18.0 Å². The Morgan fingerprint density at radius 3 is 2.52 bits per heavy atom. The van der Waals surface area contributed by atoms with Gasteiger partial charge in [-0.1, -0.05) is 12.1 Å². The van der Waals surface area contributed by atoms with Gasteiger partial charge in [0.1, 0.15) is 5.82 Å². The van der Waals surface area contributed by atoms with Gasteiger partial charge in [-0.25, -0.2) is 4.98 Å². The van der Waals surface area contributed by atoms with Crippen LogP contribution in [0, 0.1) is 11.3 Å². The predicted molar refractivity (Wildman–Crippen MR) is 119 cm³/mol. The highest BCUT2D eigenvalue weighted by molar-refractivity contribution is 5.95. The summed E-state index contributed by atoms with van der Waals surface area (Å²) in [6, 6.07) is 7.89. The molecule has 174 valence electrons. The zero-order chi connectivity index (χ0) is 23.2. The van der Waals surface area contributed by atoms with Crippen LogP contribution in [0.15, 0.2) is 42.9 Å². The van der Waals surface area contributed by atoms with E-state index in [9.17, 15) is 18.0 Å². The normalized spacial score (nSPS) is 19.0. The van der Waals surface area contributed by atoms with E-state index >= 15 is 0 Å². The Hall–Kier alpha value is -2.94. The summed E-state index contributed by atoms with van der Waals surface area (Å²) in [5.74, 6) is 0.135. The summed E-state index contributed by atoms with van der Waals surface area (Å²) in [6.07, 6.45) is 2.87. The Kier molecular flexibility index (Phi) is 5.39. The van der Waals surface area contributed by atoms with Gasteiger partial charge in [-0.2, -0.15) is 18.3 Å². The minimum Gasteiger partial charge on any atom is -0.310 e. The van der Waals surface area contributed by atoms with E-state index in [4.69, 9.17) is 0 Å². The monoisotopic (exact) mass is 457 g/mol. The lowest BCUT2D eigenvalue weighted by Crippen LogP contribution is -2.44. The summed E-state index contributed by atoms with van der Waals surface area (Å²) in [6.45, 7) is 1.07. The second kappa shape index (κ2) is 8.13. The fourth-order valence-electron chi connectivity index (χ4n) is 4.65. The molecule has 2 aliphatic rings. The molecule has 2 aromatic heterocycles. The number of aromatic nitrogens is 3. The molecule has 2 fully saturated rings. The zero-order valence-electron chi connectivity index (χ0n) is 18.4. The van der Waals surface area contributed by atoms with Gasteiger partial charge in [0.05, 0.1) is 11.6 Å². The van der Waals surface area contributed by atoms with Crippen molar-refractivity contribution in [3.05, 3.63) is 42.9 Å². The number of hydrogen-bond acceptors (Lipinski definition) is 4. The Morgan fingerprint density at radius 1 is 1.12 bits per heavy atom. The molecule has 1 aromatic carbocycles. The molecule has 5 rings (SSSR count). The highest BCUT2D eigenvalue weighted by atomic mass is 19.4. The number of carbonyl (C=O) groups is 1. The summed E-state index contributed by atoms with van der Waals surface area (Å²) >= 11 is 0. The lowest BCUT2D eigenvalue weighted by atomic mass is 9.94. The van der Waals surface area contributed by atoms with Crippen LogP contribution >= 0.6 is 0 Å². The number of rotatable bonds is 5. The Balaban J connectivity index is 1.21. The average Bonchev–Trinajstić information content (AvgIpc) is 3.45. The van der Waals surface area contributed by atoms with Crippen molar-refractivity contribution in [2.45, 2.75) is 31.9 Å². The maximum atomic E-state index is 13.2. The standard InChI is InChI=1S/C24H26F3N5O/c1-31-14-20(13-29-31)17-2-3-18-12-28-21(11-19(18)10-17)30-22(33)16-4-8-32(9-5-16)15-23(6-7-23)24(25,26)27/h2-3,10-14,16H,4-9,15H2,1H3,(H,28,30,33). The first kappa shape index (κ1) is 21.9. The van der Waals surface area contributed by atoms with Crippen LogP contribution in [0.2, 0.25) is 0 Å². The van der Waals surface area contributed by atoms with Gasteiger partial charge in [0, 0.05) is 42.9 Å². The molecule has 1 saturated heterocycles. The molecule has 0 bridgehead atoms. The molecule has 1 aliphatic carbocycles. The van der Waals surface area contributed by atoms with Gasteiger partial charge in [0.2, 0.25) is 5.91 Å². The lowest BCUT2D eigenvalue weighted by Gasteiger charge is -2.34. The first-order valence-electron chi connectivity index (χ1n) is 11.2. The zero-order valence-corrected chi connectivity index (χ0v) is 18.4. The van der Waals surface area contributed by atoms with Gasteiger partial charge in [0.25, 0.3) is 0 Å². The number of benzene rings is 1. The summed E-state index contributed by atoms with van der Waals surface area (Å²) in [7, 11) is 1.87. The molecule has 0 spiro atoms. The van der Waals surface area contributed by atoms with Crippen LogP contribution in [-0.2, 0) is 11.8 Å². The average molecular weight is 458 g/mol. The summed E-state index contributed by atoms with van der Waals surface area (Å²) < 4.78 is 41.4. The lowest BCUT2D eigenvalue weighted by molar-refractivity contribution is -0.192. The highest BCUT2D eigenvalue weighted by Crippen LogP contribution is 2.58. The van der Waals surface area contributed by atoms with E-state index in [2.05, 4.69) is 15.4 Å². The SMILES string of the molecule is Cn1cc(-c2ccc3cnc(NC(=O)C4CCN(CC5(C(F)(F)F)CC5)CC4)cc3c2)cn1. The molecule has 9 heteroatoms. The number of carbonyl (C=O) groups excluding carboxylic acids is 1. The number of likely N-dealkylation sites (tertiary alicyclic amines) is 1. The number of anilines is 1. The van der Waals surface area contributed by atoms with Crippen molar-refractivity contribution in [2.24, 2.45) is 18.4 Å². The van der Waals surface area contributed by atoms with Crippen molar-refractivity contribution >= 4 is 22.5 Å². The van der Waals surface area contributed by atoms with Crippen molar-refractivity contribution in [3.63, 3.8) is 0 Å². The largest absolute Gasteiger partial charge is 0.395 e. The molecular weight excluding hydrogens is 431 g/mol. The van der Waals surface area contributed by atoms with Crippen LogP contribution in [-0.4, -0.2) is 51.4 Å². The number of nitrogens with zero attached hydrogens (tertiary/aromatic N) is 4. The molecule has 1 amide bonds. The number of piperidine rings is 1. The minimum atomic E-state index is -4.14. The molecule has 6 nitrogen and oxygen atoms in total. The van der Waals surface area contributed by atoms with E-state index in [1.165, 1.54) is 0 Å². The van der Waals surface area contributed by atoms with Crippen LogP contribution in [0.25, 0.3) is 21.9 Å². The van der Waals surface area contributed by atoms with Crippen LogP contribution in [0.5, 0.6) is 0 Å². The number of alkyl halides is 3. The molecule has 3 heterocycles. The van der Waals surface area contributed by atoms with Gasteiger partial charge >= 0.3 is 6.18 Å². The first-order valence-corrected chi connectivity index (χ1v) is 11.2. The molecule has 0 atom stereocenters. The minimum absolute atomic E-state index is 0.0519. The molecular formula is C24H26F3N5O. The van der Waals surface area contributed by atoms with E-state index in [1.54, 1.807) is 17.1 Å². The first-order chi connectivity index (χ1) is 15.7. The second-order valence-corrected chi connectivity index (χ2v) is 9.35. The molecule has 3 aromatic rings. The summed E-state index contributed by atoms with van der Waals surface area (Å²) in [5, 5.41) is 9.03. The molecule has 1 N–H and O–H groups in total. The van der Waals surface area contributed by atoms with Crippen LogP contribution in [0.3, 0.4) is 0 Å². The van der Waals surface area contributed by atoms with E-state index in [0.29, 0.717) is 31.7 Å². The fourth-order valence-corrected chi connectivity index (χ4v) is 4.65. The third-order valence-corrected chi connectivity index (χ3v) is 6.95. The van der Waals surface area contributed by atoms with E-state index < -0.39 is 11.6 Å². The fraction of sp³-hybridized carbons (Fsp3) is 0.458. The van der Waals surface area contributed by atoms with E-state index in [-0.39, 0.29) is 31.2 Å². The van der Waals surface area contributed by atoms with Crippen molar-refractivity contribution in [1.29, 1.82) is 0 Å². The maximum absolute atomic E-state index is 13.2. The number of halogens is 3. The topological polar surface area (TPSA) is 63.1 Å². The van der Waals surface area contributed by atoms with Crippen molar-refractivity contribution in [2.75, 3.05) is 25.0 Å². The van der Waals surface area contributed by atoms with E-state index in [0.717, 1.165) is 21.9 Å². The van der Waals surface area contributed by atoms with Gasteiger partial charge < -0.3 is 10.2 Å². The highest BCUT2D eigenvalue weighted by Gasteiger charge is 2.63. The number of aryl methyl sites for hydroxylation is 1. The van der Waals surface area contributed by atoms with Gasteiger partial charge in [0.15, 0.2) is 0 Å². The number of pyridine rings is 1. The maximum Gasteiger partial charge on any atom is 0.395 e. The molecule has 33 heavy (non-hydrogen) atoms. The number of fused-ring (bicyclic) bond motifs is 1. The van der Waals surface area contributed by atoms with Crippen LogP contribution in [0.4, 0.5) is 19.0 Å². The predicted octanol–water partition coefficient (Wildman–Crippen LogP) is 4.63. The van der Waals surface area contributed by atoms with Gasteiger partial charge in [-0.15, -0.1) is 0 Å². The quantitative estimate of drug-likeness (QED) is 0.607. The van der Waals surface area contributed by atoms with Crippen LogP contribution < -0.4 is 5.32 Å². The third-order valence-electron chi connectivity index (χ3n) is 6.95. The van der Waals surface area contributed by atoms with Crippen molar-refractivity contribution in [1.82, 2.24) is 19.7 Å². The summed E-state index contributed by atoms with van der Waals surface area (Å²) in [5.41, 5.74) is 0.511. The number of amides is 1. The Morgan fingerprint density at radius 2 is 1.88 bits per heavy atom. The number of hydrogen-bond donors (Lipinski definition) is 1. The molecule has 0 unspecified atom stereocenters. The Bertz CT molecular complexity index is 1180. The van der Waals surface area contributed by atoms with Gasteiger partial charge in [-0.3, -0.25) is 9.48 Å². The molecule has 0 radical (unpaired) electrons. The van der Waals surface area contributed by atoms with Crippen LogP contribution in [0.1, 0.15) is 25.7 Å². The molecule has 1 aliphatic heterocycles. The van der Waals surface area contributed by atoms with Crippen molar-refractivity contribution in [3.8, 4) is 11.1 Å². The number of nitrogens with one attached hydrogen (secondary N) is 1. The summed E-state index contributed by atoms with van der Waals surface area (Å²) in [4.78, 5) is 19.0. The third kappa shape index (κ3) is 4.46. The van der Waals surface area contributed by atoms with Gasteiger partial charge in [-0.05, 0) is 61.9 Å². The smallest absolute Gasteiger partial charge is 0.310 e. The van der Waals surface area contributed by atoms with E-state index in [1.807, 2.05) is 42.4 Å². The Labute approximate surface area is 189 Å².